The van der Waals surface area contributed by atoms with Crippen molar-refractivity contribution in [3.8, 4) is 0 Å². The Bertz CT molecular complexity index is 791. The van der Waals surface area contributed by atoms with Gasteiger partial charge in [-0.15, -0.1) is 0 Å². The third kappa shape index (κ3) is 2.92. The maximum absolute atomic E-state index is 11.7. The fourth-order valence-corrected chi connectivity index (χ4v) is 3.02. The van der Waals surface area contributed by atoms with Crippen molar-refractivity contribution in [2.24, 2.45) is 5.10 Å². The molecule has 1 aromatic carbocycles. The van der Waals surface area contributed by atoms with Crippen LogP contribution in [0, 0.1) is 0 Å². The first-order valence-corrected chi connectivity index (χ1v) is 7.68. The van der Waals surface area contributed by atoms with E-state index in [2.05, 4.69) is 57.6 Å². The molecular formula is C17H20N6O. The van der Waals surface area contributed by atoms with Gasteiger partial charge in [0.1, 0.15) is 19.2 Å². The number of fused-ring (bicyclic) bond motifs is 1. The Hall–Kier alpha value is -2.96. The van der Waals surface area contributed by atoms with Crippen molar-refractivity contribution in [2.45, 2.75) is 25.8 Å². The van der Waals surface area contributed by atoms with Gasteiger partial charge in [0, 0.05) is 30.1 Å². The molecule has 0 fully saturated rings. The molecule has 7 heteroatoms. The SMILES string of the molecule is CN1/C(=C\C=N/NC(=O)Cn2cncn2)C(C)(C)c2ccccc21. The normalized spacial score (nSPS) is 17.5. The minimum atomic E-state index is -0.252. The van der Waals surface area contributed by atoms with Crippen LogP contribution in [0.4, 0.5) is 5.69 Å². The first-order chi connectivity index (χ1) is 11.5. The lowest BCUT2D eigenvalue weighted by atomic mass is 9.84. The summed E-state index contributed by atoms with van der Waals surface area (Å²) < 4.78 is 1.44. The number of para-hydroxylation sites is 1. The van der Waals surface area contributed by atoms with Gasteiger partial charge in [-0.25, -0.2) is 15.1 Å². The number of amides is 1. The first-order valence-electron chi connectivity index (χ1n) is 7.68. The van der Waals surface area contributed by atoms with E-state index < -0.39 is 0 Å². The number of likely N-dealkylation sites (N-methyl/N-ethyl adjacent to an activating group) is 1. The molecule has 0 unspecified atom stereocenters. The molecule has 124 valence electrons. The highest BCUT2D eigenvalue weighted by Crippen LogP contribution is 2.46. The fourth-order valence-electron chi connectivity index (χ4n) is 3.02. The van der Waals surface area contributed by atoms with Gasteiger partial charge in [-0.3, -0.25) is 4.79 Å². The van der Waals surface area contributed by atoms with Crippen LogP contribution in [0.1, 0.15) is 19.4 Å². The molecule has 1 aliphatic rings. The molecule has 3 rings (SSSR count). The molecule has 0 aliphatic carbocycles. The summed E-state index contributed by atoms with van der Waals surface area (Å²) in [7, 11) is 2.04. The smallest absolute Gasteiger partial charge is 0.261 e. The second-order valence-electron chi connectivity index (χ2n) is 6.16. The average Bonchev–Trinajstić information content (AvgIpc) is 3.12. The van der Waals surface area contributed by atoms with Crippen LogP contribution in [0.15, 0.2) is 53.8 Å². The minimum absolute atomic E-state index is 0.0880. The van der Waals surface area contributed by atoms with Crippen LogP contribution in [-0.4, -0.2) is 33.9 Å². The molecule has 24 heavy (non-hydrogen) atoms. The Labute approximate surface area is 140 Å². The van der Waals surface area contributed by atoms with Gasteiger partial charge in [-0.2, -0.15) is 10.2 Å². The van der Waals surface area contributed by atoms with Crippen LogP contribution in [0.25, 0.3) is 0 Å². The van der Waals surface area contributed by atoms with Gasteiger partial charge in [-0.05, 0) is 17.7 Å². The molecule has 0 atom stereocenters. The number of benzene rings is 1. The van der Waals surface area contributed by atoms with Crippen LogP contribution in [0.2, 0.25) is 0 Å². The zero-order chi connectivity index (χ0) is 17.2. The summed E-state index contributed by atoms with van der Waals surface area (Å²) in [4.78, 5) is 17.7. The molecular weight excluding hydrogens is 304 g/mol. The Kier molecular flexibility index (Phi) is 4.16. The lowest BCUT2D eigenvalue weighted by molar-refractivity contribution is -0.121. The molecule has 1 aliphatic heterocycles. The van der Waals surface area contributed by atoms with Crippen LogP contribution in [0.3, 0.4) is 0 Å². The lowest BCUT2D eigenvalue weighted by Crippen LogP contribution is -2.24. The molecule has 2 aromatic rings. The molecule has 0 saturated carbocycles. The summed E-state index contributed by atoms with van der Waals surface area (Å²) in [6, 6.07) is 8.33. The van der Waals surface area contributed by atoms with Crippen LogP contribution in [-0.2, 0) is 16.8 Å². The number of nitrogens with zero attached hydrogens (tertiary/aromatic N) is 5. The highest BCUT2D eigenvalue weighted by Gasteiger charge is 2.37. The number of carbonyl (C=O) groups is 1. The molecule has 0 spiro atoms. The molecule has 1 N–H and O–H groups in total. The van der Waals surface area contributed by atoms with Crippen molar-refractivity contribution in [3.05, 3.63) is 54.3 Å². The van der Waals surface area contributed by atoms with Crippen LogP contribution >= 0.6 is 0 Å². The Morgan fingerprint density at radius 1 is 1.38 bits per heavy atom. The predicted molar refractivity (Wildman–Crippen MR) is 92.6 cm³/mol. The molecule has 2 heterocycles. The largest absolute Gasteiger partial charge is 0.347 e. The molecule has 0 bridgehead atoms. The maximum Gasteiger partial charge on any atom is 0.261 e. The molecule has 1 aromatic heterocycles. The quantitative estimate of drug-likeness (QED) is 0.686. The van der Waals surface area contributed by atoms with E-state index in [1.165, 1.54) is 28.6 Å². The summed E-state index contributed by atoms with van der Waals surface area (Å²) in [5.41, 5.74) is 5.97. The predicted octanol–water partition coefficient (Wildman–Crippen LogP) is 1.69. The van der Waals surface area contributed by atoms with E-state index in [1.807, 2.05) is 19.2 Å². The highest BCUT2D eigenvalue weighted by molar-refractivity contribution is 5.81. The van der Waals surface area contributed by atoms with Crippen molar-refractivity contribution < 1.29 is 4.79 Å². The molecule has 0 saturated heterocycles. The zero-order valence-corrected chi connectivity index (χ0v) is 14.0. The van der Waals surface area contributed by atoms with E-state index in [-0.39, 0.29) is 17.9 Å². The average molecular weight is 324 g/mol. The van der Waals surface area contributed by atoms with Crippen molar-refractivity contribution in [1.29, 1.82) is 0 Å². The summed E-state index contributed by atoms with van der Waals surface area (Å²) in [5.74, 6) is -0.252. The van der Waals surface area contributed by atoms with Gasteiger partial charge >= 0.3 is 0 Å². The number of hydrogen-bond acceptors (Lipinski definition) is 5. The monoisotopic (exact) mass is 324 g/mol. The van der Waals surface area contributed by atoms with E-state index >= 15 is 0 Å². The van der Waals surface area contributed by atoms with Gasteiger partial charge in [0.15, 0.2) is 0 Å². The number of anilines is 1. The van der Waals surface area contributed by atoms with Crippen molar-refractivity contribution >= 4 is 17.8 Å². The highest BCUT2D eigenvalue weighted by atomic mass is 16.2. The summed E-state index contributed by atoms with van der Waals surface area (Å²) >= 11 is 0. The number of hydrazone groups is 1. The molecule has 1 amide bonds. The van der Waals surface area contributed by atoms with Gasteiger partial charge in [0.2, 0.25) is 0 Å². The van der Waals surface area contributed by atoms with E-state index in [4.69, 9.17) is 0 Å². The lowest BCUT2D eigenvalue weighted by Gasteiger charge is -2.23. The summed E-state index contributed by atoms with van der Waals surface area (Å²) in [6.07, 6.45) is 6.41. The zero-order valence-electron chi connectivity index (χ0n) is 14.0. The summed E-state index contributed by atoms with van der Waals surface area (Å²) in [6.45, 7) is 4.45. The standard InChI is InChI=1S/C17H20N6O/c1-17(2)13-6-4-5-7-14(13)22(3)15(17)8-9-19-21-16(24)10-23-12-18-11-20-23/h4-9,11-12H,10H2,1-3H3,(H,21,24)/b15-8-,19-9-. The van der Waals surface area contributed by atoms with Crippen LogP contribution < -0.4 is 10.3 Å². The molecule has 7 nitrogen and oxygen atoms in total. The minimum Gasteiger partial charge on any atom is -0.347 e. The van der Waals surface area contributed by atoms with Gasteiger partial charge in [0.05, 0.1) is 0 Å². The number of aromatic nitrogens is 3. The van der Waals surface area contributed by atoms with E-state index in [0.717, 1.165) is 5.70 Å². The number of carbonyl (C=O) groups excluding carboxylic acids is 1. The number of allylic oxidation sites excluding steroid dienone is 2. The van der Waals surface area contributed by atoms with E-state index in [0.29, 0.717) is 0 Å². The first kappa shape index (κ1) is 15.9. The Morgan fingerprint density at radius 3 is 2.88 bits per heavy atom. The van der Waals surface area contributed by atoms with Gasteiger partial charge < -0.3 is 4.90 Å². The fraction of sp³-hybridized carbons (Fsp3) is 0.294. The summed E-state index contributed by atoms with van der Waals surface area (Å²) in [5, 5.41) is 7.86. The van der Waals surface area contributed by atoms with E-state index in [9.17, 15) is 4.79 Å². The third-order valence-electron chi connectivity index (χ3n) is 4.21. The second-order valence-corrected chi connectivity index (χ2v) is 6.16. The van der Waals surface area contributed by atoms with Gasteiger partial charge in [-0.1, -0.05) is 32.0 Å². The third-order valence-corrected chi connectivity index (χ3v) is 4.21. The van der Waals surface area contributed by atoms with Gasteiger partial charge in [0.25, 0.3) is 5.91 Å². The van der Waals surface area contributed by atoms with Crippen molar-refractivity contribution in [1.82, 2.24) is 20.2 Å². The number of rotatable bonds is 4. The topological polar surface area (TPSA) is 75.4 Å². The van der Waals surface area contributed by atoms with Crippen molar-refractivity contribution in [2.75, 3.05) is 11.9 Å². The Morgan fingerprint density at radius 2 is 2.17 bits per heavy atom. The second kappa shape index (κ2) is 6.27. The van der Waals surface area contributed by atoms with Crippen molar-refractivity contribution in [3.63, 3.8) is 0 Å². The van der Waals surface area contributed by atoms with Crippen LogP contribution in [0.5, 0.6) is 0 Å². The number of hydrogen-bond donors (Lipinski definition) is 1. The van der Waals surface area contributed by atoms with E-state index in [1.54, 1.807) is 6.21 Å². The number of nitrogens with one attached hydrogen (secondary N) is 1. The maximum atomic E-state index is 11.7. The molecule has 0 radical (unpaired) electrons. The Balaban J connectivity index is 1.67.